The zero-order valence-corrected chi connectivity index (χ0v) is 21.5. The second-order valence-electron chi connectivity index (χ2n) is 10.3. The van der Waals surface area contributed by atoms with Crippen LogP contribution in [-0.2, 0) is 21.6 Å². The van der Waals surface area contributed by atoms with Gasteiger partial charge in [0, 0.05) is 36.6 Å². The molecule has 3 aromatic rings. The summed E-state index contributed by atoms with van der Waals surface area (Å²) in [6, 6.07) is 4.11. The average molecular weight is 556 g/mol. The van der Waals surface area contributed by atoms with Crippen molar-refractivity contribution in [3.63, 3.8) is 0 Å². The molecule has 0 amide bonds. The Morgan fingerprint density at radius 2 is 1.92 bits per heavy atom. The predicted molar refractivity (Wildman–Crippen MR) is 131 cm³/mol. The van der Waals surface area contributed by atoms with Crippen LogP contribution >= 0.6 is 0 Å². The molecular weight excluding hydrogens is 528 g/mol. The summed E-state index contributed by atoms with van der Waals surface area (Å²) in [5.41, 5.74) is -2.03. The van der Waals surface area contributed by atoms with E-state index in [9.17, 15) is 22.0 Å². The fourth-order valence-electron chi connectivity index (χ4n) is 5.22. The van der Waals surface area contributed by atoms with Crippen LogP contribution in [0.3, 0.4) is 0 Å². The number of methoxy groups -OCH3 is 1. The number of halogens is 6. The van der Waals surface area contributed by atoms with Crippen molar-refractivity contribution in [2.24, 2.45) is 5.41 Å². The van der Waals surface area contributed by atoms with Crippen molar-refractivity contribution in [3.05, 3.63) is 52.6 Å². The summed E-state index contributed by atoms with van der Waals surface area (Å²) in [5.74, 6) is -4.62. The van der Waals surface area contributed by atoms with E-state index in [0.29, 0.717) is 32.7 Å². The number of ether oxygens (including phenoxy) is 2. The van der Waals surface area contributed by atoms with E-state index in [1.165, 1.54) is 32.0 Å². The van der Waals surface area contributed by atoms with Crippen LogP contribution in [0.15, 0.2) is 24.3 Å². The van der Waals surface area contributed by atoms with Crippen LogP contribution in [0.2, 0.25) is 0 Å². The van der Waals surface area contributed by atoms with Gasteiger partial charge in [0.25, 0.3) is 5.92 Å². The maximum Gasteiger partial charge on any atom is 0.435 e. The molecule has 2 aromatic heterocycles. The van der Waals surface area contributed by atoms with Gasteiger partial charge in [-0.15, -0.1) is 5.10 Å². The number of aryl methyl sites for hydroxylation is 1. The summed E-state index contributed by atoms with van der Waals surface area (Å²) in [4.78, 5) is 5.63. The molecule has 0 radical (unpaired) electrons. The molecule has 1 spiro atoms. The zero-order valence-electron chi connectivity index (χ0n) is 21.5. The molecule has 2 saturated heterocycles. The largest absolute Gasteiger partial charge is 0.435 e. The highest BCUT2D eigenvalue weighted by Crippen LogP contribution is 2.44. The number of benzene rings is 1. The van der Waals surface area contributed by atoms with E-state index >= 15 is 4.39 Å². The number of pyridine rings is 1. The molecule has 2 aliphatic heterocycles. The summed E-state index contributed by atoms with van der Waals surface area (Å²) >= 11 is 0. The molecule has 7 nitrogen and oxygen atoms in total. The number of anilines is 2. The number of fused-ring (bicyclic) bond motifs is 1. The standard InChI is InChI=1S/C26H27F6N5O2/c1-14(16-5-4-6-18(20(16)27)25(28,29)13-38-3)33-23-17-9-19(37-8-7-24(10-37)11-39-12-24)22(26(30,31)32)34-21(17)15(2)35-36-23/h4-6,9,14H,7-8,10-13H2,1-3H3,(H,33,36)/t14-/m1/s1. The van der Waals surface area contributed by atoms with Crippen molar-refractivity contribution in [1.29, 1.82) is 0 Å². The third-order valence-electron chi connectivity index (χ3n) is 7.33. The number of rotatable bonds is 7. The van der Waals surface area contributed by atoms with E-state index in [1.54, 1.807) is 4.90 Å². The van der Waals surface area contributed by atoms with Gasteiger partial charge >= 0.3 is 6.18 Å². The van der Waals surface area contributed by atoms with Gasteiger partial charge in [0.05, 0.1) is 41.7 Å². The van der Waals surface area contributed by atoms with Crippen LogP contribution in [-0.4, -0.2) is 55.2 Å². The number of hydrogen-bond donors (Lipinski definition) is 1. The Hall–Kier alpha value is -3.19. The van der Waals surface area contributed by atoms with E-state index in [1.807, 2.05) is 0 Å². The SMILES string of the molecule is COCC(F)(F)c1cccc([C@@H](C)Nc2nnc(C)c3nc(C(F)(F)F)c(N4CCC5(COC5)C4)cc23)c1F. The zero-order chi connectivity index (χ0) is 28.2. The Morgan fingerprint density at radius 1 is 1.18 bits per heavy atom. The minimum absolute atomic E-state index is 0.0162. The number of alkyl halides is 5. The number of nitrogens with one attached hydrogen (secondary N) is 1. The van der Waals surface area contributed by atoms with Gasteiger partial charge in [-0.1, -0.05) is 12.1 Å². The third-order valence-corrected chi connectivity index (χ3v) is 7.33. The van der Waals surface area contributed by atoms with Gasteiger partial charge in [0.15, 0.2) is 11.5 Å². The molecule has 1 N–H and O–H groups in total. The van der Waals surface area contributed by atoms with Gasteiger partial charge in [-0.3, -0.25) is 0 Å². The van der Waals surface area contributed by atoms with Gasteiger partial charge in [-0.2, -0.15) is 27.1 Å². The van der Waals surface area contributed by atoms with E-state index in [-0.39, 0.29) is 39.1 Å². The van der Waals surface area contributed by atoms with Crippen LogP contribution in [0.25, 0.3) is 10.9 Å². The number of hydrogen-bond acceptors (Lipinski definition) is 7. The Labute approximate surface area is 220 Å². The van der Waals surface area contributed by atoms with E-state index in [0.717, 1.165) is 13.2 Å². The highest BCUT2D eigenvalue weighted by atomic mass is 19.4. The predicted octanol–water partition coefficient (Wildman–Crippen LogP) is 5.63. The van der Waals surface area contributed by atoms with Crippen molar-refractivity contribution in [1.82, 2.24) is 15.2 Å². The molecule has 2 fully saturated rings. The second kappa shape index (κ2) is 9.77. The second-order valence-corrected chi connectivity index (χ2v) is 10.3. The Balaban J connectivity index is 1.55. The van der Waals surface area contributed by atoms with Crippen molar-refractivity contribution >= 4 is 22.4 Å². The van der Waals surface area contributed by atoms with Crippen LogP contribution in [0.4, 0.5) is 37.8 Å². The molecular formula is C26H27F6N5O2. The maximum absolute atomic E-state index is 15.2. The molecule has 0 unspecified atom stereocenters. The third kappa shape index (κ3) is 4.97. The lowest BCUT2D eigenvalue weighted by Crippen LogP contribution is -2.44. The molecule has 0 aliphatic carbocycles. The fraction of sp³-hybridized carbons (Fsp3) is 0.500. The Morgan fingerprint density at radius 3 is 2.54 bits per heavy atom. The molecule has 2 aliphatic rings. The topological polar surface area (TPSA) is 72.4 Å². The van der Waals surface area contributed by atoms with E-state index < -0.39 is 41.8 Å². The highest BCUT2D eigenvalue weighted by molar-refractivity contribution is 5.93. The molecule has 210 valence electrons. The lowest BCUT2D eigenvalue weighted by molar-refractivity contribution is -0.140. The van der Waals surface area contributed by atoms with Crippen LogP contribution < -0.4 is 10.2 Å². The first-order chi connectivity index (χ1) is 18.3. The van der Waals surface area contributed by atoms with Crippen molar-refractivity contribution in [2.45, 2.75) is 38.4 Å². The first-order valence-corrected chi connectivity index (χ1v) is 12.4. The van der Waals surface area contributed by atoms with E-state index in [2.05, 4.69) is 25.2 Å². The van der Waals surface area contributed by atoms with Crippen molar-refractivity contribution in [2.75, 3.05) is 50.2 Å². The molecule has 0 bridgehead atoms. The molecule has 1 aromatic carbocycles. The van der Waals surface area contributed by atoms with Gasteiger partial charge in [0.2, 0.25) is 0 Å². The number of nitrogens with zero attached hydrogens (tertiary/aromatic N) is 4. The summed E-state index contributed by atoms with van der Waals surface area (Å²) in [6.45, 7) is 3.82. The average Bonchev–Trinajstić information content (AvgIpc) is 3.31. The van der Waals surface area contributed by atoms with Crippen LogP contribution in [0.5, 0.6) is 0 Å². The maximum atomic E-state index is 15.2. The fourth-order valence-corrected chi connectivity index (χ4v) is 5.22. The van der Waals surface area contributed by atoms with E-state index in [4.69, 9.17) is 4.74 Å². The Kier molecular flexibility index (Phi) is 6.86. The van der Waals surface area contributed by atoms with Gasteiger partial charge < -0.3 is 19.7 Å². The molecule has 0 saturated carbocycles. The summed E-state index contributed by atoms with van der Waals surface area (Å²) < 4.78 is 96.3. The molecule has 13 heteroatoms. The molecule has 1 atom stereocenters. The minimum Gasteiger partial charge on any atom is -0.380 e. The normalized spacial score (nSPS) is 18.0. The molecule has 39 heavy (non-hydrogen) atoms. The van der Waals surface area contributed by atoms with Gasteiger partial charge in [-0.25, -0.2) is 9.37 Å². The summed E-state index contributed by atoms with van der Waals surface area (Å²) in [7, 11) is 1.09. The minimum atomic E-state index is -4.72. The lowest BCUT2D eigenvalue weighted by atomic mass is 9.85. The summed E-state index contributed by atoms with van der Waals surface area (Å²) in [6.07, 6.45) is -4.02. The first-order valence-electron chi connectivity index (χ1n) is 12.4. The smallest absolute Gasteiger partial charge is 0.380 e. The molecule has 5 rings (SSSR count). The monoisotopic (exact) mass is 555 g/mol. The van der Waals surface area contributed by atoms with Crippen molar-refractivity contribution < 1.29 is 35.8 Å². The first kappa shape index (κ1) is 27.4. The van der Waals surface area contributed by atoms with Gasteiger partial charge in [-0.05, 0) is 32.4 Å². The summed E-state index contributed by atoms with van der Waals surface area (Å²) in [5, 5.41) is 11.3. The van der Waals surface area contributed by atoms with Crippen molar-refractivity contribution in [3.8, 4) is 0 Å². The van der Waals surface area contributed by atoms with Crippen LogP contribution in [0, 0.1) is 18.2 Å². The Bertz CT molecular complexity index is 1400. The highest BCUT2D eigenvalue weighted by Gasteiger charge is 2.47. The quantitative estimate of drug-likeness (QED) is 0.379. The number of aromatic nitrogens is 3. The van der Waals surface area contributed by atoms with Gasteiger partial charge in [0.1, 0.15) is 12.4 Å². The lowest BCUT2D eigenvalue weighted by Gasteiger charge is -2.38. The molecule has 4 heterocycles. The van der Waals surface area contributed by atoms with Crippen LogP contribution in [0.1, 0.15) is 41.9 Å².